The molecule has 0 bridgehead atoms. The fourth-order valence-electron chi connectivity index (χ4n) is 4.02. The molecule has 0 saturated carbocycles. The minimum absolute atomic E-state index is 0.0912. The number of pyridine rings is 2. The van der Waals surface area contributed by atoms with Crippen LogP contribution in [0.1, 0.15) is 30.5 Å². The zero-order chi connectivity index (χ0) is 27.1. The second-order valence-electron chi connectivity index (χ2n) is 8.39. The highest BCUT2D eigenvalue weighted by molar-refractivity contribution is 7.89. The summed E-state index contributed by atoms with van der Waals surface area (Å²) in [6.45, 7) is 3.90. The van der Waals surface area contributed by atoms with Crippen LogP contribution in [0.2, 0.25) is 0 Å². The summed E-state index contributed by atoms with van der Waals surface area (Å²) >= 11 is 0. The lowest BCUT2D eigenvalue weighted by Gasteiger charge is -2.18. The molecular weight excluding hydrogens is 510 g/mol. The van der Waals surface area contributed by atoms with Crippen LogP contribution in [-0.2, 0) is 16.4 Å². The number of benzene rings is 1. The number of aryl methyl sites for hydroxylation is 2. The number of halogens is 4. The van der Waals surface area contributed by atoms with Crippen molar-refractivity contribution in [2.75, 3.05) is 0 Å². The number of sulfonamides is 1. The lowest BCUT2D eigenvalue weighted by atomic mass is 10.1. The zero-order valence-corrected chi connectivity index (χ0v) is 20.7. The molecule has 3 aromatic heterocycles. The third kappa shape index (κ3) is 4.80. The normalized spacial score (nSPS) is 13.0. The van der Waals surface area contributed by atoms with Gasteiger partial charge in [0, 0.05) is 17.8 Å². The van der Waals surface area contributed by atoms with Crippen LogP contribution in [0.5, 0.6) is 0 Å². The van der Waals surface area contributed by atoms with Gasteiger partial charge in [-0.3, -0.25) is 9.55 Å². The molecule has 4 rings (SSSR count). The van der Waals surface area contributed by atoms with Crippen molar-refractivity contribution >= 4 is 20.9 Å². The van der Waals surface area contributed by atoms with Crippen molar-refractivity contribution < 1.29 is 26.0 Å². The summed E-state index contributed by atoms with van der Waals surface area (Å²) in [5.74, 6) is -0.0684. The summed E-state index contributed by atoms with van der Waals surface area (Å²) < 4.78 is 82.1. The van der Waals surface area contributed by atoms with Crippen molar-refractivity contribution in [2.24, 2.45) is 0 Å². The van der Waals surface area contributed by atoms with Crippen LogP contribution in [0.25, 0.3) is 28.1 Å². The Bertz CT molecular complexity index is 1640. The van der Waals surface area contributed by atoms with Gasteiger partial charge in [0.25, 0.3) is 0 Å². The van der Waals surface area contributed by atoms with Crippen LogP contribution in [0.4, 0.5) is 17.6 Å². The maximum absolute atomic E-state index is 14.7. The van der Waals surface area contributed by atoms with E-state index in [4.69, 9.17) is 0 Å². The SMILES string of the molecule is CCc1cc2c(cc1F)c(C#N)c(-c1cc(C)c(S(=O)(=O)NC(C)C(F)(F)F)cn1)n2-c1ccccn1. The Labute approximate surface area is 210 Å². The van der Waals surface area contributed by atoms with Crippen molar-refractivity contribution in [1.82, 2.24) is 19.3 Å². The van der Waals surface area contributed by atoms with Gasteiger partial charge in [-0.25, -0.2) is 17.8 Å². The summed E-state index contributed by atoms with van der Waals surface area (Å²) in [5.41, 5.74) is 1.53. The van der Waals surface area contributed by atoms with Gasteiger partial charge in [-0.1, -0.05) is 13.0 Å². The molecule has 1 atom stereocenters. The first-order valence-electron chi connectivity index (χ1n) is 11.1. The van der Waals surface area contributed by atoms with Gasteiger partial charge in [-0.05, 0) is 61.7 Å². The van der Waals surface area contributed by atoms with Crippen molar-refractivity contribution in [1.29, 1.82) is 5.26 Å². The lowest BCUT2D eigenvalue weighted by Crippen LogP contribution is -2.43. The lowest BCUT2D eigenvalue weighted by molar-refractivity contribution is -0.147. The third-order valence-electron chi connectivity index (χ3n) is 5.92. The van der Waals surface area contributed by atoms with E-state index in [9.17, 15) is 31.2 Å². The second-order valence-corrected chi connectivity index (χ2v) is 10.1. The van der Waals surface area contributed by atoms with Gasteiger partial charge in [0.15, 0.2) is 0 Å². The summed E-state index contributed by atoms with van der Waals surface area (Å²) in [6, 6.07) is 9.15. The predicted octanol–water partition coefficient (Wildman–Crippen LogP) is 5.20. The van der Waals surface area contributed by atoms with E-state index in [1.807, 2.05) is 0 Å². The van der Waals surface area contributed by atoms with Gasteiger partial charge in [-0.15, -0.1) is 0 Å². The fourth-order valence-corrected chi connectivity index (χ4v) is 5.42. The van der Waals surface area contributed by atoms with Gasteiger partial charge < -0.3 is 0 Å². The molecule has 192 valence electrons. The van der Waals surface area contributed by atoms with E-state index in [-0.39, 0.29) is 22.5 Å². The number of hydrogen-bond donors (Lipinski definition) is 1. The minimum atomic E-state index is -4.77. The molecule has 0 radical (unpaired) electrons. The molecule has 0 saturated heterocycles. The number of nitrogens with zero attached hydrogens (tertiary/aromatic N) is 4. The van der Waals surface area contributed by atoms with E-state index in [1.54, 1.807) is 46.7 Å². The smallest absolute Gasteiger partial charge is 0.291 e. The first-order chi connectivity index (χ1) is 17.4. The second kappa shape index (κ2) is 9.57. The highest BCUT2D eigenvalue weighted by atomic mass is 32.2. The zero-order valence-electron chi connectivity index (χ0n) is 19.9. The molecule has 37 heavy (non-hydrogen) atoms. The number of rotatable bonds is 6. The molecule has 0 amide bonds. The van der Waals surface area contributed by atoms with Crippen molar-refractivity contribution in [3.05, 3.63) is 71.3 Å². The van der Waals surface area contributed by atoms with E-state index in [0.29, 0.717) is 35.6 Å². The summed E-state index contributed by atoms with van der Waals surface area (Å²) in [7, 11) is -4.56. The van der Waals surface area contributed by atoms with Crippen LogP contribution in [0, 0.1) is 24.1 Å². The Balaban J connectivity index is 1.96. The highest BCUT2D eigenvalue weighted by Gasteiger charge is 2.39. The van der Waals surface area contributed by atoms with Gasteiger partial charge in [0.2, 0.25) is 10.0 Å². The molecule has 0 aliphatic heterocycles. The predicted molar refractivity (Wildman–Crippen MR) is 129 cm³/mol. The number of nitrogens with one attached hydrogen (secondary N) is 1. The number of aromatic nitrogens is 3. The van der Waals surface area contributed by atoms with Crippen LogP contribution in [-0.4, -0.2) is 35.2 Å². The quantitative estimate of drug-likeness (QED) is 0.345. The Kier molecular flexibility index (Phi) is 6.79. The number of alkyl halides is 3. The summed E-state index contributed by atoms with van der Waals surface area (Å²) in [5, 5.41) is 10.4. The molecular formula is C25H21F4N5O2S. The van der Waals surface area contributed by atoms with Crippen molar-refractivity contribution in [3.8, 4) is 23.3 Å². The average molecular weight is 532 g/mol. The monoisotopic (exact) mass is 531 g/mol. The van der Waals surface area contributed by atoms with Gasteiger partial charge in [0.05, 0.1) is 22.5 Å². The van der Waals surface area contributed by atoms with E-state index in [0.717, 1.165) is 6.20 Å². The van der Waals surface area contributed by atoms with E-state index in [2.05, 4.69) is 16.0 Å². The topological polar surface area (TPSA) is 101 Å². The standard InChI is InChI=1S/C25H21F4N5O2S/c1-4-16-10-21-17(11-19(16)26)18(12-30)24(34(21)23-7-5-6-8-31-23)20-9-14(2)22(13-32-20)37(35,36)33-15(3)25(27,28)29/h5-11,13,15,33H,4H2,1-3H3. The Morgan fingerprint density at radius 2 is 1.92 bits per heavy atom. The maximum atomic E-state index is 14.7. The molecule has 0 fully saturated rings. The van der Waals surface area contributed by atoms with Crippen LogP contribution >= 0.6 is 0 Å². The van der Waals surface area contributed by atoms with Gasteiger partial charge >= 0.3 is 6.18 Å². The van der Waals surface area contributed by atoms with Crippen LogP contribution < -0.4 is 4.72 Å². The Morgan fingerprint density at radius 3 is 2.49 bits per heavy atom. The van der Waals surface area contributed by atoms with E-state index in [1.165, 1.54) is 19.1 Å². The molecule has 0 aliphatic rings. The van der Waals surface area contributed by atoms with Crippen LogP contribution in [0.3, 0.4) is 0 Å². The molecule has 7 nitrogen and oxygen atoms in total. The largest absolute Gasteiger partial charge is 0.404 e. The number of fused-ring (bicyclic) bond motifs is 1. The van der Waals surface area contributed by atoms with Crippen molar-refractivity contribution in [2.45, 2.75) is 44.3 Å². The molecule has 1 aromatic carbocycles. The van der Waals surface area contributed by atoms with Crippen LogP contribution in [0.15, 0.2) is 53.7 Å². The molecule has 12 heteroatoms. The molecule has 1 unspecified atom stereocenters. The number of nitriles is 1. The van der Waals surface area contributed by atoms with E-state index < -0.39 is 33.0 Å². The van der Waals surface area contributed by atoms with Crippen molar-refractivity contribution in [3.63, 3.8) is 0 Å². The molecule has 4 aromatic rings. The third-order valence-corrected chi connectivity index (χ3v) is 7.59. The van der Waals surface area contributed by atoms with Gasteiger partial charge in [-0.2, -0.15) is 23.2 Å². The summed E-state index contributed by atoms with van der Waals surface area (Å²) in [4.78, 5) is 8.13. The Hall–Kier alpha value is -3.82. The fraction of sp³-hybridized carbons (Fsp3) is 0.240. The maximum Gasteiger partial charge on any atom is 0.404 e. The minimum Gasteiger partial charge on any atom is -0.291 e. The van der Waals surface area contributed by atoms with E-state index >= 15 is 0 Å². The molecule has 0 spiro atoms. The van der Waals surface area contributed by atoms with Gasteiger partial charge in [0.1, 0.15) is 28.6 Å². The Morgan fingerprint density at radius 1 is 1.19 bits per heavy atom. The first kappa shape index (κ1) is 26.2. The molecule has 0 aliphatic carbocycles. The number of hydrogen-bond acceptors (Lipinski definition) is 5. The molecule has 3 heterocycles. The molecule has 1 N–H and O–H groups in total. The highest BCUT2D eigenvalue weighted by Crippen LogP contribution is 2.37. The first-order valence-corrected chi connectivity index (χ1v) is 12.6. The average Bonchev–Trinajstić information content (AvgIpc) is 3.15. The summed E-state index contributed by atoms with van der Waals surface area (Å²) in [6.07, 6.45) is -1.88.